The van der Waals surface area contributed by atoms with Crippen LogP contribution in [0.15, 0.2) is 84.9 Å². The van der Waals surface area contributed by atoms with E-state index in [1.54, 1.807) is 0 Å². The van der Waals surface area contributed by atoms with E-state index in [4.69, 9.17) is 0 Å². The van der Waals surface area contributed by atoms with Crippen molar-refractivity contribution in [3.63, 3.8) is 0 Å². The zero-order valence-electron chi connectivity index (χ0n) is 17.1. The van der Waals surface area contributed by atoms with E-state index in [0.29, 0.717) is 0 Å². The maximum atomic E-state index is 2.27. The van der Waals surface area contributed by atoms with Crippen LogP contribution in [0.5, 0.6) is 0 Å². The van der Waals surface area contributed by atoms with Crippen LogP contribution in [0.25, 0.3) is 33.4 Å². The Morgan fingerprint density at radius 1 is 0.357 bits per heavy atom. The molecule has 0 unspecified atom stereocenters. The summed E-state index contributed by atoms with van der Waals surface area (Å²) < 4.78 is 0. The number of hydrogen-bond donors (Lipinski definition) is 0. The Hall–Kier alpha value is -3.12. The largest absolute Gasteiger partial charge is 0.0590 e. The zero-order valence-corrected chi connectivity index (χ0v) is 17.1. The van der Waals surface area contributed by atoms with Gasteiger partial charge < -0.3 is 0 Å². The molecule has 28 heavy (non-hydrogen) atoms. The Morgan fingerprint density at radius 2 is 0.679 bits per heavy atom. The first kappa shape index (κ1) is 18.3. The Morgan fingerprint density at radius 3 is 1.04 bits per heavy atom. The molecule has 0 aliphatic carbocycles. The van der Waals surface area contributed by atoms with Gasteiger partial charge in [0.25, 0.3) is 0 Å². The number of hydrogen-bond acceptors (Lipinski definition) is 0. The summed E-state index contributed by atoms with van der Waals surface area (Å²) in [6.45, 7) is 8.65. The highest BCUT2D eigenvalue weighted by Gasteiger charge is 2.06. The predicted molar refractivity (Wildman–Crippen MR) is 122 cm³/mol. The molecule has 0 aromatic heterocycles. The van der Waals surface area contributed by atoms with Crippen molar-refractivity contribution in [2.24, 2.45) is 0 Å². The lowest BCUT2D eigenvalue weighted by atomic mass is 9.94. The molecule has 0 heteroatoms. The summed E-state index contributed by atoms with van der Waals surface area (Å²) in [5, 5.41) is 0. The van der Waals surface area contributed by atoms with Crippen molar-refractivity contribution in [2.45, 2.75) is 27.7 Å². The van der Waals surface area contributed by atoms with E-state index in [0.717, 1.165) is 0 Å². The maximum absolute atomic E-state index is 2.27. The van der Waals surface area contributed by atoms with Crippen LogP contribution in [0.3, 0.4) is 0 Å². The molecule has 0 fully saturated rings. The average Bonchev–Trinajstić information content (AvgIpc) is 2.72. The monoisotopic (exact) mass is 362 g/mol. The molecular formula is C28H26. The third-order valence-corrected chi connectivity index (χ3v) is 5.51. The van der Waals surface area contributed by atoms with Gasteiger partial charge in [-0.3, -0.25) is 0 Å². The molecule has 138 valence electrons. The van der Waals surface area contributed by atoms with Crippen molar-refractivity contribution in [3.8, 4) is 33.4 Å². The molecule has 0 amide bonds. The molecule has 0 nitrogen and oxygen atoms in total. The van der Waals surface area contributed by atoms with Crippen LogP contribution in [0.4, 0.5) is 0 Å². The summed E-state index contributed by atoms with van der Waals surface area (Å²) in [4.78, 5) is 0. The van der Waals surface area contributed by atoms with Gasteiger partial charge in [0.2, 0.25) is 0 Å². The summed E-state index contributed by atoms with van der Waals surface area (Å²) >= 11 is 0. The van der Waals surface area contributed by atoms with Gasteiger partial charge in [-0.05, 0) is 72.2 Å². The Bertz CT molecular complexity index is 1020. The zero-order chi connectivity index (χ0) is 19.7. The van der Waals surface area contributed by atoms with Gasteiger partial charge in [0, 0.05) is 0 Å². The van der Waals surface area contributed by atoms with Crippen LogP contribution in [0.2, 0.25) is 0 Å². The summed E-state index contributed by atoms with van der Waals surface area (Å²) in [7, 11) is 0. The standard InChI is InChI=1S/C28H26/c1-19-5-7-21(3)27(17-19)25-13-9-23(10-14-25)24-11-15-26(16-12-24)28-18-20(2)6-8-22(28)4/h5-18H,1-4H3. The van der Waals surface area contributed by atoms with Crippen LogP contribution < -0.4 is 0 Å². The second-order valence-corrected chi connectivity index (χ2v) is 7.79. The number of benzene rings is 4. The summed E-state index contributed by atoms with van der Waals surface area (Å²) in [6, 6.07) is 31.1. The molecule has 0 aliphatic rings. The van der Waals surface area contributed by atoms with E-state index >= 15 is 0 Å². The van der Waals surface area contributed by atoms with Crippen molar-refractivity contribution in [1.82, 2.24) is 0 Å². The molecular weight excluding hydrogens is 336 g/mol. The molecule has 4 rings (SSSR count). The van der Waals surface area contributed by atoms with Crippen LogP contribution in [-0.4, -0.2) is 0 Å². The lowest BCUT2D eigenvalue weighted by Crippen LogP contribution is -1.87. The van der Waals surface area contributed by atoms with Gasteiger partial charge in [-0.1, -0.05) is 96.1 Å². The minimum absolute atomic E-state index is 1.25. The molecule has 0 atom stereocenters. The Kier molecular flexibility index (Phi) is 4.88. The van der Waals surface area contributed by atoms with Gasteiger partial charge >= 0.3 is 0 Å². The van der Waals surface area contributed by atoms with Gasteiger partial charge in [-0.25, -0.2) is 0 Å². The molecule has 0 aliphatic heterocycles. The fourth-order valence-corrected chi connectivity index (χ4v) is 3.78. The highest BCUT2D eigenvalue weighted by Crippen LogP contribution is 2.30. The van der Waals surface area contributed by atoms with Crippen molar-refractivity contribution in [3.05, 3.63) is 107 Å². The van der Waals surface area contributed by atoms with E-state index in [-0.39, 0.29) is 0 Å². The molecule has 0 bridgehead atoms. The fourth-order valence-electron chi connectivity index (χ4n) is 3.78. The van der Waals surface area contributed by atoms with E-state index in [9.17, 15) is 0 Å². The quantitative estimate of drug-likeness (QED) is 0.347. The van der Waals surface area contributed by atoms with Crippen LogP contribution in [-0.2, 0) is 0 Å². The molecule has 0 radical (unpaired) electrons. The predicted octanol–water partition coefficient (Wildman–Crippen LogP) is 7.92. The SMILES string of the molecule is Cc1ccc(C)c(-c2ccc(-c3ccc(-c4cc(C)ccc4C)cc3)cc2)c1. The van der Waals surface area contributed by atoms with Crippen LogP contribution in [0, 0.1) is 27.7 Å². The maximum Gasteiger partial charge on any atom is -0.0152 e. The molecule has 0 N–H and O–H groups in total. The van der Waals surface area contributed by atoms with E-state index < -0.39 is 0 Å². The molecule has 0 saturated carbocycles. The second kappa shape index (κ2) is 7.48. The van der Waals surface area contributed by atoms with E-state index in [1.165, 1.54) is 55.6 Å². The highest BCUT2D eigenvalue weighted by atomic mass is 14.1. The normalized spacial score (nSPS) is 10.9. The van der Waals surface area contributed by atoms with Gasteiger partial charge in [0.15, 0.2) is 0 Å². The van der Waals surface area contributed by atoms with Gasteiger partial charge in [-0.15, -0.1) is 0 Å². The van der Waals surface area contributed by atoms with E-state index in [1.807, 2.05) is 0 Å². The van der Waals surface area contributed by atoms with Crippen LogP contribution in [0.1, 0.15) is 22.3 Å². The average molecular weight is 363 g/mol. The Labute approximate surface area is 168 Å². The lowest BCUT2D eigenvalue weighted by molar-refractivity contribution is 1.39. The second-order valence-electron chi connectivity index (χ2n) is 7.79. The van der Waals surface area contributed by atoms with Crippen molar-refractivity contribution < 1.29 is 0 Å². The van der Waals surface area contributed by atoms with Crippen LogP contribution >= 0.6 is 0 Å². The van der Waals surface area contributed by atoms with Gasteiger partial charge in [0.1, 0.15) is 0 Å². The lowest BCUT2D eigenvalue weighted by Gasteiger charge is -2.10. The molecule has 0 heterocycles. The topological polar surface area (TPSA) is 0 Å². The fraction of sp³-hybridized carbons (Fsp3) is 0.143. The first-order chi connectivity index (χ1) is 13.5. The first-order valence-corrected chi connectivity index (χ1v) is 9.87. The highest BCUT2D eigenvalue weighted by molar-refractivity contribution is 5.75. The molecule has 0 spiro atoms. The third-order valence-electron chi connectivity index (χ3n) is 5.51. The molecule has 0 saturated heterocycles. The Balaban J connectivity index is 1.63. The molecule has 4 aromatic carbocycles. The summed E-state index contributed by atoms with van der Waals surface area (Å²) in [5.74, 6) is 0. The number of rotatable bonds is 3. The third kappa shape index (κ3) is 3.64. The smallest absolute Gasteiger partial charge is 0.0152 e. The van der Waals surface area contributed by atoms with E-state index in [2.05, 4.69) is 113 Å². The molecule has 4 aromatic rings. The van der Waals surface area contributed by atoms with Gasteiger partial charge in [0.05, 0.1) is 0 Å². The minimum Gasteiger partial charge on any atom is -0.0590 e. The van der Waals surface area contributed by atoms with Crippen molar-refractivity contribution in [2.75, 3.05) is 0 Å². The van der Waals surface area contributed by atoms with Gasteiger partial charge in [-0.2, -0.15) is 0 Å². The van der Waals surface area contributed by atoms with Crippen molar-refractivity contribution >= 4 is 0 Å². The van der Waals surface area contributed by atoms with Crippen molar-refractivity contribution in [1.29, 1.82) is 0 Å². The summed E-state index contributed by atoms with van der Waals surface area (Å²) in [5.41, 5.74) is 12.9. The first-order valence-electron chi connectivity index (χ1n) is 9.87. The summed E-state index contributed by atoms with van der Waals surface area (Å²) in [6.07, 6.45) is 0. The minimum atomic E-state index is 1.25. The number of aryl methyl sites for hydroxylation is 4.